The van der Waals surface area contributed by atoms with Gasteiger partial charge in [-0.3, -0.25) is 0 Å². The number of benzene rings is 1. The third-order valence-corrected chi connectivity index (χ3v) is 4.42. The monoisotopic (exact) mass is 250 g/mol. The maximum absolute atomic E-state index is 10.8. The molecule has 0 saturated heterocycles. The Morgan fingerprint density at radius 3 is 2.76 bits per heavy atom. The molecule has 1 aromatic rings. The summed E-state index contributed by atoms with van der Waals surface area (Å²) >= 11 is 0. The van der Waals surface area contributed by atoms with Gasteiger partial charge in [0.1, 0.15) is 0 Å². The van der Waals surface area contributed by atoms with Crippen molar-refractivity contribution in [1.29, 1.82) is 0 Å². The van der Waals surface area contributed by atoms with Gasteiger partial charge in [-0.25, -0.2) is 4.79 Å². The van der Waals surface area contributed by atoms with Crippen LogP contribution in [0.5, 0.6) is 0 Å². The molecule has 1 N–H and O–H groups in total. The van der Waals surface area contributed by atoms with E-state index in [1.165, 1.54) is 5.56 Å². The first-order chi connectivity index (χ1) is 8.22. The van der Waals surface area contributed by atoms with Crippen LogP contribution in [0.15, 0.2) is 43.0 Å². The van der Waals surface area contributed by atoms with Gasteiger partial charge in [-0.15, -0.1) is 0 Å². The lowest BCUT2D eigenvalue weighted by atomic mass is 10.2. The summed E-state index contributed by atoms with van der Waals surface area (Å²) in [7, 11) is -1.72. The van der Waals surface area contributed by atoms with Crippen LogP contribution in [0.25, 0.3) is 0 Å². The topological polar surface area (TPSA) is 46.5 Å². The van der Waals surface area contributed by atoms with Gasteiger partial charge in [0.25, 0.3) is 0 Å². The predicted octanol–water partition coefficient (Wildman–Crippen LogP) is 1.60. The minimum absolute atomic E-state index is 0.365. The zero-order chi connectivity index (χ0) is 12.5. The van der Waals surface area contributed by atoms with E-state index in [1.54, 1.807) is 0 Å². The van der Waals surface area contributed by atoms with Gasteiger partial charge in [-0.1, -0.05) is 36.9 Å². The lowest BCUT2D eigenvalue weighted by molar-refractivity contribution is -0.137. The van der Waals surface area contributed by atoms with Gasteiger partial charge in [-0.05, 0) is 24.1 Å². The van der Waals surface area contributed by atoms with Crippen molar-refractivity contribution in [2.24, 2.45) is 0 Å². The molecule has 92 valence electrons. The predicted molar refractivity (Wildman–Crippen MR) is 70.1 cm³/mol. The molecule has 0 bridgehead atoms. The van der Waals surface area contributed by atoms with Gasteiger partial charge in [0, 0.05) is 6.08 Å². The summed E-state index contributed by atoms with van der Waals surface area (Å²) in [6.07, 6.45) is 1.87. The lowest BCUT2D eigenvalue weighted by Crippen LogP contribution is -2.17. The van der Waals surface area contributed by atoms with Crippen LogP contribution in [-0.4, -0.2) is 26.4 Å². The molecule has 0 saturated carbocycles. The van der Waals surface area contributed by atoms with Crippen LogP contribution in [0.2, 0.25) is 6.04 Å². The number of ether oxygens (including phenoxy) is 1. The van der Waals surface area contributed by atoms with Crippen LogP contribution in [0, 0.1) is 0 Å². The van der Waals surface area contributed by atoms with Gasteiger partial charge in [-0.2, -0.15) is 0 Å². The third kappa shape index (κ3) is 6.04. The highest BCUT2D eigenvalue weighted by molar-refractivity contribution is 6.49. The second-order valence-corrected chi connectivity index (χ2v) is 6.15. The summed E-state index contributed by atoms with van der Waals surface area (Å²) in [5.41, 5.74) is 1.18. The maximum Gasteiger partial charge on any atom is 0.330 e. The van der Waals surface area contributed by atoms with E-state index in [0.717, 1.165) is 24.6 Å². The molecule has 0 radical (unpaired) electrons. The zero-order valence-corrected chi connectivity index (χ0v) is 11.0. The quantitative estimate of drug-likeness (QED) is 0.346. The van der Waals surface area contributed by atoms with Crippen molar-refractivity contribution in [1.82, 2.24) is 0 Å². The van der Waals surface area contributed by atoms with Gasteiger partial charge in [0.15, 0.2) is 9.04 Å². The molecule has 0 amide bonds. The summed E-state index contributed by atoms with van der Waals surface area (Å²) in [6, 6.07) is 11.5. The molecule has 1 unspecified atom stereocenters. The molecule has 0 aliphatic carbocycles. The lowest BCUT2D eigenvalue weighted by Gasteiger charge is -2.08. The first-order valence-electron chi connectivity index (χ1n) is 5.73. The van der Waals surface area contributed by atoms with E-state index in [0.29, 0.717) is 6.61 Å². The highest BCUT2D eigenvalue weighted by atomic mass is 28.3. The van der Waals surface area contributed by atoms with Crippen LogP contribution >= 0.6 is 0 Å². The molecule has 1 atom stereocenters. The smallest absolute Gasteiger partial charge is 0.330 e. The fraction of sp³-hybridized carbons (Fsp3) is 0.308. The SMILES string of the molecule is C=CC(=O)OCCC[SiH](O)Cc1ccccc1. The number of hydrogen-bond acceptors (Lipinski definition) is 3. The number of rotatable bonds is 7. The van der Waals surface area contributed by atoms with E-state index in [2.05, 4.69) is 6.58 Å². The summed E-state index contributed by atoms with van der Waals surface area (Å²) in [4.78, 5) is 20.7. The minimum Gasteiger partial charge on any atom is -0.463 e. The van der Waals surface area contributed by atoms with Crippen LogP contribution in [-0.2, 0) is 15.6 Å². The average Bonchev–Trinajstić information content (AvgIpc) is 2.35. The Morgan fingerprint density at radius 2 is 2.12 bits per heavy atom. The van der Waals surface area contributed by atoms with Crippen molar-refractivity contribution >= 4 is 15.0 Å². The van der Waals surface area contributed by atoms with Crippen LogP contribution < -0.4 is 0 Å². The summed E-state index contributed by atoms with van der Waals surface area (Å²) in [6.45, 7) is 3.68. The van der Waals surface area contributed by atoms with E-state index >= 15 is 0 Å². The molecule has 4 heteroatoms. The Morgan fingerprint density at radius 1 is 1.41 bits per heavy atom. The number of hydrogen-bond donors (Lipinski definition) is 1. The van der Waals surface area contributed by atoms with E-state index in [4.69, 9.17) is 4.74 Å². The summed E-state index contributed by atoms with van der Waals surface area (Å²) in [5, 5.41) is 0. The minimum atomic E-state index is -1.72. The zero-order valence-electron chi connectivity index (χ0n) is 9.84. The summed E-state index contributed by atoms with van der Waals surface area (Å²) < 4.78 is 4.85. The average molecular weight is 250 g/mol. The molecule has 0 spiro atoms. The van der Waals surface area contributed by atoms with E-state index in [9.17, 15) is 9.59 Å². The first-order valence-corrected chi connectivity index (χ1v) is 7.88. The molecule has 1 rings (SSSR count). The Labute approximate surface area is 103 Å². The van der Waals surface area contributed by atoms with Gasteiger partial charge >= 0.3 is 5.97 Å². The van der Waals surface area contributed by atoms with Gasteiger partial charge in [0.05, 0.1) is 6.61 Å². The highest BCUT2D eigenvalue weighted by Gasteiger charge is 2.08. The fourth-order valence-corrected chi connectivity index (χ4v) is 3.20. The van der Waals surface area contributed by atoms with Crippen LogP contribution in [0.3, 0.4) is 0 Å². The summed E-state index contributed by atoms with van der Waals surface area (Å²) in [5.74, 6) is -0.399. The van der Waals surface area contributed by atoms with Crippen molar-refractivity contribution in [2.45, 2.75) is 18.5 Å². The Kier molecular flexibility index (Phi) is 6.28. The van der Waals surface area contributed by atoms with E-state index in [1.807, 2.05) is 30.3 Å². The molecule has 0 aliphatic heterocycles. The first kappa shape index (κ1) is 13.7. The Balaban J connectivity index is 2.15. The molecule has 0 aromatic heterocycles. The molecule has 3 nitrogen and oxygen atoms in total. The van der Waals surface area contributed by atoms with E-state index < -0.39 is 15.0 Å². The largest absolute Gasteiger partial charge is 0.463 e. The fourth-order valence-electron chi connectivity index (χ4n) is 1.54. The van der Waals surface area contributed by atoms with Crippen molar-refractivity contribution in [3.8, 4) is 0 Å². The number of carbonyl (C=O) groups is 1. The van der Waals surface area contributed by atoms with Crippen molar-refractivity contribution in [3.63, 3.8) is 0 Å². The molecule has 0 fully saturated rings. The van der Waals surface area contributed by atoms with Crippen molar-refractivity contribution < 1.29 is 14.3 Å². The standard InChI is InChI=1S/C13H18O3Si/c1-2-13(14)16-9-6-10-17(15)11-12-7-4-3-5-8-12/h2-5,7-8,15,17H,1,6,9-11H2. The second kappa shape index (κ2) is 7.81. The van der Waals surface area contributed by atoms with Gasteiger partial charge < -0.3 is 9.53 Å². The molecular weight excluding hydrogens is 232 g/mol. The number of esters is 1. The Bertz CT molecular complexity index is 351. The molecular formula is C13H18O3Si. The Hall–Kier alpha value is -1.39. The second-order valence-electron chi connectivity index (χ2n) is 3.86. The molecule has 0 heterocycles. The van der Waals surface area contributed by atoms with Crippen LogP contribution in [0.4, 0.5) is 0 Å². The van der Waals surface area contributed by atoms with Crippen molar-refractivity contribution in [3.05, 3.63) is 48.6 Å². The van der Waals surface area contributed by atoms with E-state index in [-0.39, 0.29) is 0 Å². The van der Waals surface area contributed by atoms with Gasteiger partial charge in [0.2, 0.25) is 0 Å². The highest BCUT2D eigenvalue weighted by Crippen LogP contribution is 2.05. The molecule has 0 aliphatic rings. The number of carbonyl (C=O) groups excluding carboxylic acids is 1. The molecule has 17 heavy (non-hydrogen) atoms. The normalized spacial score (nSPS) is 11.8. The third-order valence-electron chi connectivity index (χ3n) is 2.41. The van der Waals surface area contributed by atoms with Crippen molar-refractivity contribution in [2.75, 3.05) is 6.61 Å². The maximum atomic E-state index is 10.8. The van der Waals surface area contributed by atoms with Crippen LogP contribution in [0.1, 0.15) is 12.0 Å². The molecule has 1 aromatic carbocycles.